The summed E-state index contributed by atoms with van der Waals surface area (Å²) in [6.07, 6.45) is 0.451. The van der Waals surface area contributed by atoms with Gasteiger partial charge in [-0.15, -0.1) is 0 Å². The summed E-state index contributed by atoms with van der Waals surface area (Å²) in [6.45, 7) is 2.07. The van der Waals surface area contributed by atoms with Crippen LogP contribution < -0.4 is 0 Å². The molecule has 1 atom stereocenters. The van der Waals surface area contributed by atoms with Crippen LogP contribution in [-0.2, 0) is 0 Å². The second-order valence-corrected chi connectivity index (χ2v) is 7.67. The van der Waals surface area contributed by atoms with Crippen molar-refractivity contribution in [2.24, 2.45) is 0 Å². The molecular formula is C23H18Cl2N2O. The van der Waals surface area contributed by atoms with Gasteiger partial charge in [0.2, 0.25) is 0 Å². The summed E-state index contributed by atoms with van der Waals surface area (Å²) in [6, 6.07) is 20.9. The molecule has 3 nitrogen and oxygen atoms in total. The van der Waals surface area contributed by atoms with E-state index in [1.54, 1.807) is 18.2 Å². The Balaban J connectivity index is 1.62. The Morgan fingerprint density at radius 3 is 2.43 bits per heavy atom. The van der Waals surface area contributed by atoms with Crippen LogP contribution in [0.3, 0.4) is 0 Å². The number of hydrogen-bond donors (Lipinski definition) is 1. The van der Waals surface area contributed by atoms with E-state index in [0.717, 1.165) is 16.6 Å². The van der Waals surface area contributed by atoms with Gasteiger partial charge in [-0.05, 0) is 41.8 Å². The van der Waals surface area contributed by atoms with Gasteiger partial charge in [0.1, 0.15) is 5.82 Å². The average Bonchev–Trinajstić information content (AvgIpc) is 3.11. The second-order valence-electron chi connectivity index (χ2n) is 6.85. The molecule has 1 aromatic heterocycles. The number of benzene rings is 3. The lowest BCUT2D eigenvalue weighted by Crippen LogP contribution is -2.05. The molecule has 1 N–H and O–H groups in total. The molecule has 0 spiro atoms. The van der Waals surface area contributed by atoms with Crippen LogP contribution in [0.25, 0.3) is 22.4 Å². The van der Waals surface area contributed by atoms with Crippen molar-refractivity contribution in [1.82, 2.24) is 9.97 Å². The number of hydrogen-bond acceptors (Lipinski definition) is 2. The molecule has 0 aliphatic heterocycles. The van der Waals surface area contributed by atoms with Gasteiger partial charge in [0, 0.05) is 12.0 Å². The van der Waals surface area contributed by atoms with Crippen molar-refractivity contribution in [2.75, 3.05) is 0 Å². The third-order valence-corrected chi connectivity index (χ3v) is 5.49. The Hall–Kier alpha value is -2.62. The number of ketones is 1. The van der Waals surface area contributed by atoms with Gasteiger partial charge in [-0.2, -0.15) is 0 Å². The molecule has 1 heterocycles. The van der Waals surface area contributed by atoms with Crippen LogP contribution >= 0.6 is 23.2 Å². The first-order valence-electron chi connectivity index (χ1n) is 9.05. The van der Waals surface area contributed by atoms with Crippen molar-refractivity contribution in [3.05, 3.63) is 87.9 Å². The molecular weight excluding hydrogens is 391 g/mol. The quantitative estimate of drug-likeness (QED) is 0.364. The fraction of sp³-hybridized carbons (Fsp3) is 0.130. The Morgan fingerprint density at radius 1 is 1.00 bits per heavy atom. The summed E-state index contributed by atoms with van der Waals surface area (Å²) in [4.78, 5) is 20.6. The van der Waals surface area contributed by atoms with Gasteiger partial charge in [-0.3, -0.25) is 4.79 Å². The topological polar surface area (TPSA) is 45.8 Å². The Bertz CT molecular complexity index is 1130. The smallest absolute Gasteiger partial charge is 0.163 e. The molecule has 4 aromatic rings. The van der Waals surface area contributed by atoms with E-state index in [-0.39, 0.29) is 11.7 Å². The molecule has 28 heavy (non-hydrogen) atoms. The summed E-state index contributed by atoms with van der Waals surface area (Å²) in [7, 11) is 0. The van der Waals surface area contributed by atoms with Gasteiger partial charge in [0.05, 0.1) is 26.6 Å². The molecule has 5 heteroatoms. The first kappa shape index (κ1) is 18.7. The normalized spacial score (nSPS) is 12.2. The number of rotatable bonds is 5. The van der Waals surface area contributed by atoms with E-state index in [9.17, 15) is 4.79 Å². The van der Waals surface area contributed by atoms with E-state index in [1.165, 1.54) is 0 Å². The number of carbonyl (C=O) groups excluding carboxylic acids is 1. The van der Waals surface area contributed by atoms with Crippen molar-refractivity contribution >= 4 is 40.0 Å². The lowest BCUT2D eigenvalue weighted by atomic mass is 9.93. The zero-order chi connectivity index (χ0) is 19.7. The van der Waals surface area contributed by atoms with E-state index < -0.39 is 0 Å². The number of fused-ring (bicyclic) bond motifs is 1. The molecule has 4 rings (SSSR count). The third-order valence-electron chi connectivity index (χ3n) is 4.86. The minimum absolute atomic E-state index is 0.102. The number of nitrogens with one attached hydrogen (secondary N) is 1. The molecule has 0 bridgehead atoms. The van der Waals surface area contributed by atoms with Crippen molar-refractivity contribution in [2.45, 2.75) is 19.3 Å². The molecule has 140 valence electrons. The summed E-state index contributed by atoms with van der Waals surface area (Å²) < 4.78 is 0. The molecule has 0 radical (unpaired) electrons. The maximum Gasteiger partial charge on any atom is 0.163 e. The summed E-state index contributed by atoms with van der Waals surface area (Å²) in [5, 5.41) is 1.05. The number of aromatic amines is 1. The van der Waals surface area contributed by atoms with Gasteiger partial charge in [-0.1, -0.05) is 66.5 Å². The van der Waals surface area contributed by atoms with Crippen LogP contribution in [0.15, 0.2) is 66.7 Å². The maximum absolute atomic E-state index is 12.8. The summed E-state index contributed by atoms with van der Waals surface area (Å²) in [5.41, 5.74) is 4.03. The van der Waals surface area contributed by atoms with E-state index >= 15 is 0 Å². The highest BCUT2D eigenvalue weighted by Crippen LogP contribution is 2.34. The van der Waals surface area contributed by atoms with Crippen LogP contribution in [-0.4, -0.2) is 15.8 Å². The first-order chi connectivity index (χ1) is 13.5. The Labute approximate surface area is 173 Å². The highest BCUT2D eigenvalue weighted by atomic mass is 35.5. The number of H-pyrrole nitrogens is 1. The van der Waals surface area contributed by atoms with Gasteiger partial charge < -0.3 is 4.98 Å². The van der Waals surface area contributed by atoms with Crippen LogP contribution in [0.2, 0.25) is 10.0 Å². The van der Waals surface area contributed by atoms with Crippen LogP contribution in [0.5, 0.6) is 0 Å². The monoisotopic (exact) mass is 408 g/mol. The molecule has 0 unspecified atom stereocenters. The van der Waals surface area contributed by atoms with Crippen molar-refractivity contribution in [1.29, 1.82) is 0 Å². The fourth-order valence-electron chi connectivity index (χ4n) is 3.32. The van der Waals surface area contributed by atoms with Gasteiger partial charge in [0.25, 0.3) is 0 Å². The lowest BCUT2D eigenvalue weighted by molar-refractivity contribution is 0.0976. The third kappa shape index (κ3) is 3.68. The van der Waals surface area contributed by atoms with E-state index in [1.807, 2.05) is 36.4 Å². The molecule has 0 aliphatic carbocycles. The maximum atomic E-state index is 12.8. The number of aromatic nitrogens is 2. The minimum atomic E-state index is 0.102. The van der Waals surface area contributed by atoms with E-state index in [0.29, 0.717) is 33.4 Å². The van der Waals surface area contributed by atoms with Gasteiger partial charge in [0.15, 0.2) is 5.78 Å². The SMILES string of the molecule is C[C@H](CC(=O)c1ccc2nc(-c3c(Cl)cccc3Cl)[nH]c2c1)c1ccccc1. The highest BCUT2D eigenvalue weighted by Gasteiger charge is 2.16. The molecule has 0 amide bonds. The largest absolute Gasteiger partial charge is 0.338 e. The predicted octanol–water partition coefficient (Wildman–Crippen LogP) is 6.91. The van der Waals surface area contributed by atoms with E-state index in [2.05, 4.69) is 29.0 Å². The highest BCUT2D eigenvalue weighted by molar-refractivity contribution is 6.39. The number of carbonyl (C=O) groups is 1. The fourth-order valence-corrected chi connectivity index (χ4v) is 3.90. The number of Topliss-reactive ketones (excluding diaryl/α,β-unsaturated/α-hetero) is 1. The number of imidazole rings is 1. The Kier molecular flexibility index (Phi) is 5.21. The molecule has 0 saturated heterocycles. The Morgan fingerprint density at radius 2 is 1.71 bits per heavy atom. The number of halogens is 2. The molecule has 0 aliphatic rings. The van der Waals surface area contributed by atoms with Crippen LogP contribution in [0.4, 0.5) is 0 Å². The standard InChI is InChI=1S/C23H18Cl2N2O/c1-14(15-6-3-2-4-7-15)12-21(28)16-10-11-19-20(13-16)27-23(26-19)22-17(24)8-5-9-18(22)25/h2-11,13-14H,12H2,1H3,(H,26,27)/t14-/m1/s1. The zero-order valence-electron chi connectivity index (χ0n) is 15.2. The number of nitrogens with zero attached hydrogens (tertiary/aromatic N) is 1. The molecule has 0 fully saturated rings. The zero-order valence-corrected chi connectivity index (χ0v) is 16.8. The van der Waals surface area contributed by atoms with Gasteiger partial charge in [-0.25, -0.2) is 4.98 Å². The van der Waals surface area contributed by atoms with E-state index in [4.69, 9.17) is 23.2 Å². The molecule has 3 aromatic carbocycles. The second kappa shape index (κ2) is 7.78. The lowest BCUT2D eigenvalue weighted by Gasteiger charge is -2.10. The van der Waals surface area contributed by atoms with Crippen molar-refractivity contribution < 1.29 is 4.79 Å². The van der Waals surface area contributed by atoms with Gasteiger partial charge >= 0.3 is 0 Å². The van der Waals surface area contributed by atoms with Crippen LogP contribution in [0.1, 0.15) is 35.2 Å². The van der Waals surface area contributed by atoms with Crippen molar-refractivity contribution in [3.8, 4) is 11.4 Å². The van der Waals surface area contributed by atoms with Crippen LogP contribution in [0, 0.1) is 0 Å². The predicted molar refractivity (Wildman–Crippen MR) is 115 cm³/mol. The average molecular weight is 409 g/mol. The van der Waals surface area contributed by atoms with Crippen molar-refractivity contribution in [3.63, 3.8) is 0 Å². The molecule has 0 saturated carbocycles. The summed E-state index contributed by atoms with van der Waals surface area (Å²) >= 11 is 12.6. The summed E-state index contributed by atoms with van der Waals surface area (Å²) in [5.74, 6) is 0.849. The first-order valence-corrected chi connectivity index (χ1v) is 9.81. The minimum Gasteiger partial charge on any atom is -0.338 e.